The average Bonchev–Trinajstić information content (AvgIpc) is 2.73. The van der Waals surface area contributed by atoms with E-state index in [-0.39, 0.29) is 11.4 Å². The van der Waals surface area contributed by atoms with Crippen molar-refractivity contribution in [1.29, 1.82) is 0 Å². The van der Waals surface area contributed by atoms with Gasteiger partial charge < -0.3 is 9.47 Å². The minimum absolute atomic E-state index is 0.0532. The van der Waals surface area contributed by atoms with Crippen molar-refractivity contribution in [3.63, 3.8) is 0 Å². The predicted octanol–water partition coefficient (Wildman–Crippen LogP) is 9.09. The van der Waals surface area contributed by atoms with Crippen LogP contribution >= 0.6 is 0 Å². The van der Waals surface area contributed by atoms with Gasteiger partial charge in [0.25, 0.3) is 0 Å². The van der Waals surface area contributed by atoms with Crippen LogP contribution in [0.3, 0.4) is 0 Å². The third-order valence-corrected chi connectivity index (χ3v) is 8.18. The molecule has 0 aliphatic carbocycles. The highest BCUT2D eigenvalue weighted by atomic mass is 16.5. The molecule has 0 saturated heterocycles. The van der Waals surface area contributed by atoms with Crippen molar-refractivity contribution in [2.24, 2.45) is 23.2 Å². The van der Waals surface area contributed by atoms with Gasteiger partial charge in [-0.2, -0.15) is 0 Å². The Balaban J connectivity index is 2.06. The van der Waals surface area contributed by atoms with Crippen molar-refractivity contribution in [3.05, 3.63) is 22.3 Å². The van der Waals surface area contributed by atoms with Crippen molar-refractivity contribution in [1.82, 2.24) is 0 Å². The van der Waals surface area contributed by atoms with Gasteiger partial charge in [-0.05, 0) is 67.6 Å². The average molecular weight is 473 g/mol. The number of hydrogen-bond donors (Lipinski definition) is 0. The van der Waals surface area contributed by atoms with Crippen LogP contribution in [0.25, 0.3) is 0 Å². The molecule has 1 aliphatic heterocycles. The summed E-state index contributed by atoms with van der Waals surface area (Å²) in [7, 11) is 0. The van der Waals surface area contributed by atoms with Crippen LogP contribution in [0.15, 0.2) is 0 Å². The smallest absolute Gasteiger partial charge is 0.308 e. The Labute approximate surface area is 210 Å². The minimum atomic E-state index is -0.259. The fraction of sp³-hybridized carbons (Fsp3) is 0.774. The van der Waals surface area contributed by atoms with E-state index in [2.05, 4.69) is 55.4 Å². The molecule has 0 aromatic heterocycles. The van der Waals surface area contributed by atoms with E-state index in [1.165, 1.54) is 57.4 Å². The molecule has 0 spiro atoms. The maximum Gasteiger partial charge on any atom is 0.308 e. The predicted molar refractivity (Wildman–Crippen MR) is 144 cm³/mol. The zero-order chi connectivity index (χ0) is 25.6. The van der Waals surface area contributed by atoms with Crippen molar-refractivity contribution < 1.29 is 14.3 Å². The van der Waals surface area contributed by atoms with E-state index in [1.54, 1.807) is 0 Å². The van der Waals surface area contributed by atoms with E-state index in [4.69, 9.17) is 9.47 Å². The van der Waals surface area contributed by atoms with Gasteiger partial charge in [0.15, 0.2) is 0 Å². The van der Waals surface area contributed by atoms with Gasteiger partial charge in [-0.3, -0.25) is 4.79 Å². The zero-order valence-corrected chi connectivity index (χ0v) is 23.9. The molecule has 0 amide bonds. The SMILES string of the molecule is CC(=O)Oc1c(C)c(C)c2c(c1C)C(CCC(C)CCCC(C)CCCC(C)C)C(C)(C)CO2. The molecule has 194 valence electrons. The van der Waals surface area contributed by atoms with Gasteiger partial charge in [-0.1, -0.05) is 86.5 Å². The summed E-state index contributed by atoms with van der Waals surface area (Å²) in [5.74, 6) is 4.30. The summed E-state index contributed by atoms with van der Waals surface area (Å²) in [6.07, 6.45) is 10.5. The Morgan fingerprint density at radius 1 is 0.912 bits per heavy atom. The van der Waals surface area contributed by atoms with E-state index < -0.39 is 0 Å². The molecule has 1 aromatic rings. The zero-order valence-electron chi connectivity index (χ0n) is 23.9. The first-order valence-electron chi connectivity index (χ1n) is 13.8. The number of ether oxygens (including phenoxy) is 2. The summed E-state index contributed by atoms with van der Waals surface area (Å²) >= 11 is 0. The first kappa shape index (κ1) is 28.7. The Bertz CT molecular complexity index is 821. The molecule has 1 heterocycles. The number of benzene rings is 1. The highest BCUT2D eigenvalue weighted by Crippen LogP contribution is 2.52. The lowest BCUT2D eigenvalue weighted by Crippen LogP contribution is -2.35. The summed E-state index contributed by atoms with van der Waals surface area (Å²) in [5, 5.41) is 0. The van der Waals surface area contributed by atoms with Crippen LogP contribution in [-0.2, 0) is 4.79 Å². The Morgan fingerprint density at radius 2 is 1.47 bits per heavy atom. The van der Waals surface area contributed by atoms with E-state index in [9.17, 15) is 4.79 Å². The Morgan fingerprint density at radius 3 is 2.03 bits per heavy atom. The number of carbonyl (C=O) groups excluding carboxylic acids is 1. The van der Waals surface area contributed by atoms with Crippen LogP contribution in [0.4, 0.5) is 0 Å². The third kappa shape index (κ3) is 7.49. The molecule has 3 nitrogen and oxygen atoms in total. The van der Waals surface area contributed by atoms with E-state index in [0.717, 1.165) is 59.0 Å². The minimum Gasteiger partial charge on any atom is -0.492 e. The van der Waals surface area contributed by atoms with Crippen LogP contribution in [0.2, 0.25) is 0 Å². The largest absolute Gasteiger partial charge is 0.492 e. The molecule has 2 rings (SSSR count). The topological polar surface area (TPSA) is 35.5 Å². The summed E-state index contributed by atoms with van der Waals surface area (Å²) < 4.78 is 12.0. The molecule has 3 heteroatoms. The van der Waals surface area contributed by atoms with E-state index >= 15 is 0 Å². The molecule has 0 fully saturated rings. The Hall–Kier alpha value is -1.51. The number of esters is 1. The van der Waals surface area contributed by atoms with Crippen LogP contribution in [0, 0.1) is 43.9 Å². The van der Waals surface area contributed by atoms with Gasteiger partial charge in [0.2, 0.25) is 0 Å². The van der Waals surface area contributed by atoms with E-state index in [1.807, 2.05) is 6.92 Å². The number of hydrogen-bond acceptors (Lipinski definition) is 3. The monoisotopic (exact) mass is 472 g/mol. The second-order valence-electron chi connectivity index (χ2n) is 12.4. The number of fused-ring (bicyclic) bond motifs is 1. The van der Waals surface area contributed by atoms with Gasteiger partial charge in [-0.25, -0.2) is 0 Å². The summed E-state index contributed by atoms with van der Waals surface area (Å²) in [6, 6.07) is 0. The second-order valence-corrected chi connectivity index (χ2v) is 12.4. The third-order valence-electron chi connectivity index (χ3n) is 8.18. The molecular formula is C31H52O3. The highest BCUT2D eigenvalue weighted by Gasteiger charge is 2.40. The lowest BCUT2D eigenvalue weighted by Gasteiger charge is -2.42. The van der Waals surface area contributed by atoms with Gasteiger partial charge in [-0.15, -0.1) is 0 Å². The van der Waals surface area contributed by atoms with Crippen LogP contribution in [0.1, 0.15) is 128 Å². The van der Waals surface area contributed by atoms with Gasteiger partial charge in [0, 0.05) is 17.9 Å². The van der Waals surface area contributed by atoms with Gasteiger partial charge in [0.05, 0.1) is 6.61 Å². The van der Waals surface area contributed by atoms with Crippen LogP contribution in [-0.4, -0.2) is 12.6 Å². The van der Waals surface area contributed by atoms with Crippen molar-refractivity contribution in [2.75, 3.05) is 6.61 Å². The molecule has 34 heavy (non-hydrogen) atoms. The molecule has 1 aromatic carbocycles. The fourth-order valence-corrected chi connectivity index (χ4v) is 5.73. The van der Waals surface area contributed by atoms with Gasteiger partial charge in [0.1, 0.15) is 11.5 Å². The molecule has 3 atom stereocenters. The van der Waals surface area contributed by atoms with Crippen LogP contribution < -0.4 is 9.47 Å². The molecule has 1 aliphatic rings. The fourth-order valence-electron chi connectivity index (χ4n) is 5.73. The molecule has 0 saturated carbocycles. The summed E-state index contributed by atoms with van der Waals surface area (Å²) in [4.78, 5) is 11.8. The second kappa shape index (κ2) is 12.5. The molecular weight excluding hydrogens is 420 g/mol. The molecule has 3 unspecified atom stereocenters. The van der Waals surface area contributed by atoms with Crippen molar-refractivity contribution in [3.8, 4) is 11.5 Å². The van der Waals surface area contributed by atoms with E-state index in [0.29, 0.717) is 5.92 Å². The summed E-state index contributed by atoms with van der Waals surface area (Å²) in [5.41, 5.74) is 4.52. The highest BCUT2D eigenvalue weighted by molar-refractivity contribution is 5.72. The summed E-state index contributed by atoms with van der Waals surface area (Å²) in [6.45, 7) is 22.6. The Kier molecular flexibility index (Phi) is 10.5. The van der Waals surface area contributed by atoms with Crippen molar-refractivity contribution in [2.45, 2.75) is 127 Å². The maximum absolute atomic E-state index is 11.8. The normalized spacial score (nSPS) is 18.9. The van der Waals surface area contributed by atoms with Gasteiger partial charge >= 0.3 is 5.97 Å². The van der Waals surface area contributed by atoms with Crippen LogP contribution in [0.5, 0.6) is 11.5 Å². The lowest BCUT2D eigenvalue weighted by atomic mass is 9.68. The molecule has 0 radical (unpaired) electrons. The number of rotatable bonds is 12. The first-order chi connectivity index (χ1) is 15.8. The quantitative estimate of drug-likeness (QED) is 0.225. The maximum atomic E-state index is 11.8. The standard InChI is InChI=1S/C31H52O3/c1-20(2)13-11-14-21(3)15-12-16-22(4)17-18-27-28-25(7)29(34-26(8)32)23(5)24(6)30(28)33-19-31(27,9)10/h20-22,27H,11-19H2,1-10H3. The lowest BCUT2D eigenvalue weighted by molar-refractivity contribution is -0.132. The number of carbonyl (C=O) groups is 1. The van der Waals surface area contributed by atoms with Crippen molar-refractivity contribution >= 4 is 5.97 Å². The molecule has 0 N–H and O–H groups in total. The first-order valence-corrected chi connectivity index (χ1v) is 13.8. The molecule has 0 bridgehead atoms.